The molecule has 132 valence electrons. The Kier molecular flexibility index (Phi) is 5.08. The molecule has 2 N–H and O–H groups in total. The number of rotatable bonds is 3. The SMILES string of the molecule is CC(=O)N1CSCC1C(=O)Nc1ccc(C2=NNC(=O)CC2C)cc1. The molecule has 1 aromatic carbocycles. The molecule has 1 saturated heterocycles. The van der Waals surface area contributed by atoms with E-state index in [-0.39, 0.29) is 23.6 Å². The average Bonchev–Trinajstić information content (AvgIpc) is 3.06. The van der Waals surface area contributed by atoms with Crippen LogP contribution in [0.2, 0.25) is 0 Å². The van der Waals surface area contributed by atoms with Crippen molar-refractivity contribution in [3.8, 4) is 0 Å². The predicted molar refractivity (Wildman–Crippen MR) is 97.2 cm³/mol. The first kappa shape index (κ1) is 17.5. The van der Waals surface area contributed by atoms with E-state index in [2.05, 4.69) is 15.8 Å². The van der Waals surface area contributed by atoms with E-state index in [4.69, 9.17) is 0 Å². The van der Waals surface area contributed by atoms with Crippen LogP contribution in [0.1, 0.15) is 25.8 Å². The number of carbonyl (C=O) groups is 3. The van der Waals surface area contributed by atoms with E-state index in [9.17, 15) is 14.4 Å². The summed E-state index contributed by atoms with van der Waals surface area (Å²) in [5, 5.41) is 6.99. The molecule has 1 aromatic rings. The zero-order valence-corrected chi connectivity index (χ0v) is 14.9. The van der Waals surface area contributed by atoms with Gasteiger partial charge in [0.1, 0.15) is 6.04 Å². The van der Waals surface area contributed by atoms with Crippen LogP contribution in [0.4, 0.5) is 5.69 Å². The summed E-state index contributed by atoms with van der Waals surface area (Å²) in [6, 6.07) is 6.92. The van der Waals surface area contributed by atoms with E-state index in [0.717, 1.165) is 11.3 Å². The van der Waals surface area contributed by atoms with Gasteiger partial charge in [-0.05, 0) is 17.7 Å². The van der Waals surface area contributed by atoms with Gasteiger partial charge in [-0.25, -0.2) is 5.43 Å². The molecular weight excluding hydrogens is 340 g/mol. The van der Waals surface area contributed by atoms with Crippen molar-refractivity contribution < 1.29 is 14.4 Å². The van der Waals surface area contributed by atoms with Crippen LogP contribution in [-0.2, 0) is 14.4 Å². The molecule has 2 atom stereocenters. The van der Waals surface area contributed by atoms with E-state index < -0.39 is 6.04 Å². The number of carbonyl (C=O) groups excluding carboxylic acids is 3. The normalized spacial score (nSPS) is 23.0. The Bertz CT molecular complexity index is 732. The van der Waals surface area contributed by atoms with Crippen molar-refractivity contribution in [2.24, 2.45) is 11.0 Å². The smallest absolute Gasteiger partial charge is 0.248 e. The maximum absolute atomic E-state index is 12.4. The third kappa shape index (κ3) is 3.84. The molecule has 7 nitrogen and oxygen atoms in total. The van der Waals surface area contributed by atoms with Gasteiger partial charge in [0.25, 0.3) is 0 Å². The summed E-state index contributed by atoms with van der Waals surface area (Å²) in [5.41, 5.74) is 4.90. The topological polar surface area (TPSA) is 90.9 Å². The summed E-state index contributed by atoms with van der Waals surface area (Å²) in [6.07, 6.45) is 0.414. The fourth-order valence-electron chi connectivity index (χ4n) is 2.92. The number of hydrogen-bond acceptors (Lipinski definition) is 5. The number of amides is 3. The van der Waals surface area contributed by atoms with Gasteiger partial charge in [-0.15, -0.1) is 11.8 Å². The van der Waals surface area contributed by atoms with Crippen LogP contribution in [0.5, 0.6) is 0 Å². The fraction of sp³-hybridized carbons (Fsp3) is 0.412. The Labute approximate surface area is 150 Å². The molecule has 8 heteroatoms. The summed E-state index contributed by atoms with van der Waals surface area (Å²) in [7, 11) is 0. The van der Waals surface area contributed by atoms with E-state index in [1.165, 1.54) is 6.92 Å². The molecule has 0 saturated carbocycles. The minimum Gasteiger partial charge on any atom is -0.324 e. The quantitative estimate of drug-likeness (QED) is 0.853. The van der Waals surface area contributed by atoms with Crippen LogP contribution in [0.3, 0.4) is 0 Å². The van der Waals surface area contributed by atoms with Crippen LogP contribution in [0.25, 0.3) is 0 Å². The fourth-order valence-corrected chi connectivity index (χ4v) is 4.14. The third-order valence-corrected chi connectivity index (χ3v) is 5.31. The first-order valence-corrected chi connectivity index (χ1v) is 9.24. The number of nitrogens with zero attached hydrogens (tertiary/aromatic N) is 2. The molecule has 2 heterocycles. The van der Waals surface area contributed by atoms with Gasteiger partial charge in [0.15, 0.2) is 0 Å². The van der Waals surface area contributed by atoms with Crippen molar-refractivity contribution in [1.29, 1.82) is 0 Å². The molecular formula is C17H20N4O3S. The van der Waals surface area contributed by atoms with Crippen LogP contribution in [0, 0.1) is 5.92 Å². The van der Waals surface area contributed by atoms with Gasteiger partial charge >= 0.3 is 0 Å². The molecule has 0 aromatic heterocycles. The van der Waals surface area contributed by atoms with Gasteiger partial charge in [-0.3, -0.25) is 14.4 Å². The molecule has 0 aliphatic carbocycles. The molecule has 2 aliphatic heterocycles. The lowest BCUT2D eigenvalue weighted by Crippen LogP contribution is -2.43. The molecule has 2 unspecified atom stereocenters. The number of hydrogen-bond donors (Lipinski definition) is 2. The van der Waals surface area contributed by atoms with E-state index in [1.54, 1.807) is 28.8 Å². The summed E-state index contributed by atoms with van der Waals surface area (Å²) in [5.74, 6) is 0.863. The van der Waals surface area contributed by atoms with Crippen molar-refractivity contribution in [1.82, 2.24) is 10.3 Å². The molecule has 0 radical (unpaired) electrons. The zero-order chi connectivity index (χ0) is 18.0. The Hall–Kier alpha value is -2.35. The maximum atomic E-state index is 12.4. The highest BCUT2D eigenvalue weighted by molar-refractivity contribution is 7.99. The number of thioether (sulfide) groups is 1. The Morgan fingerprint density at radius 1 is 1.32 bits per heavy atom. The second-order valence-electron chi connectivity index (χ2n) is 6.21. The molecule has 3 rings (SSSR count). The van der Waals surface area contributed by atoms with Crippen LogP contribution < -0.4 is 10.7 Å². The average molecular weight is 360 g/mol. The molecule has 0 bridgehead atoms. The van der Waals surface area contributed by atoms with Gasteiger partial charge in [0.2, 0.25) is 17.7 Å². The van der Waals surface area contributed by atoms with Crippen molar-refractivity contribution in [3.05, 3.63) is 29.8 Å². The van der Waals surface area contributed by atoms with Gasteiger partial charge < -0.3 is 10.2 Å². The first-order valence-electron chi connectivity index (χ1n) is 8.08. The molecule has 3 amide bonds. The van der Waals surface area contributed by atoms with Crippen molar-refractivity contribution >= 4 is 40.9 Å². The van der Waals surface area contributed by atoms with Gasteiger partial charge in [0, 0.05) is 30.7 Å². The first-order chi connectivity index (χ1) is 12.0. The molecule has 0 spiro atoms. The van der Waals surface area contributed by atoms with Crippen LogP contribution in [0.15, 0.2) is 29.4 Å². The highest BCUT2D eigenvalue weighted by atomic mass is 32.2. The number of hydrazone groups is 1. The molecule has 25 heavy (non-hydrogen) atoms. The lowest BCUT2D eigenvalue weighted by Gasteiger charge is -2.22. The van der Waals surface area contributed by atoms with Gasteiger partial charge in [-0.1, -0.05) is 19.1 Å². The highest BCUT2D eigenvalue weighted by Crippen LogP contribution is 2.23. The number of anilines is 1. The molecule has 1 fully saturated rings. The van der Waals surface area contributed by atoms with Gasteiger partial charge in [-0.2, -0.15) is 5.10 Å². The van der Waals surface area contributed by atoms with E-state index in [1.807, 2.05) is 19.1 Å². The lowest BCUT2D eigenvalue weighted by molar-refractivity contribution is -0.134. The lowest BCUT2D eigenvalue weighted by atomic mass is 9.94. The van der Waals surface area contributed by atoms with Crippen molar-refractivity contribution in [3.63, 3.8) is 0 Å². The summed E-state index contributed by atoms with van der Waals surface area (Å²) < 4.78 is 0. The minimum atomic E-state index is -0.430. The Balaban J connectivity index is 1.68. The summed E-state index contributed by atoms with van der Waals surface area (Å²) in [6.45, 7) is 3.44. The van der Waals surface area contributed by atoms with Crippen LogP contribution >= 0.6 is 11.8 Å². The zero-order valence-electron chi connectivity index (χ0n) is 14.1. The monoisotopic (exact) mass is 360 g/mol. The minimum absolute atomic E-state index is 0.0498. The van der Waals surface area contributed by atoms with E-state index >= 15 is 0 Å². The van der Waals surface area contributed by atoms with Gasteiger partial charge in [0.05, 0.1) is 11.6 Å². The standard InChI is InChI=1S/C17H20N4O3S/c1-10-7-15(23)19-20-16(10)12-3-5-13(6-4-12)18-17(24)14-8-25-9-21(14)11(2)22/h3-6,10,14H,7-9H2,1-2H3,(H,18,24)(H,19,23). The largest absolute Gasteiger partial charge is 0.324 e. The number of nitrogens with one attached hydrogen (secondary N) is 2. The van der Waals surface area contributed by atoms with Crippen LogP contribution in [-0.4, -0.2) is 46.0 Å². The van der Waals surface area contributed by atoms with Crippen molar-refractivity contribution in [2.45, 2.75) is 26.3 Å². The second-order valence-corrected chi connectivity index (χ2v) is 7.21. The number of benzene rings is 1. The third-order valence-electron chi connectivity index (χ3n) is 4.30. The second kappa shape index (κ2) is 7.26. The van der Waals surface area contributed by atoms with E-state index in [0.29, 0.717) is 23.7 Å². The Morgan fingerprint density at radius 3 is 2.68 bits per heavy atom. The Morgan fingerprint density at radius 2 is 2.04 bits per heavy atom. The highest BCUT2D eigenvalue weighted by Gasteiger charge is 2.33. The molecule has 2 aliphatic rings. The predicted octanol–water partition coefficient (Wildman–Crippen LogP) is 1.41. The van der Waals surface area contributed by atoms with Crippen molar-refractivity contribution in [2.75, 3.05) is 16.9 Å². The maximum Gasteiger partial charge on any atom is 0.248 e. The summed E-state index contributed by atoms with van der Waals surface area (Å²) in [4.78, 5) is 36.9. The summed E-state index contributed by atoms with van der Waals surface area (Å²) >= 11 is 1.57.